The van der Waals surface area contributed by atoms with Crippen LogP contribution in [-0.4, -0.2) is 96.7 Å². The van der Waals surface area contributed by atoms with Gasteiger partial charge >= 0.3 is 39.5 Å². The molecule has 0 aliphatic carbocycles. The summed E-state index contributed by atoms with van der Waals surface area (Å²) in [6.45, 7) is 7.22. The molecular weight excluding hydrogens is 1190 g/mol. The molecule has 0 bridgehead atoms. The summed E-state index contributed by atoms with van der Waals surface area (Å²) in [5, 5.41) is 10.6. The summed E-state index contributed by atoms with van der Waals surface area (Å²) in [5.74, 6) is -1.34. The molecule has 0 rings (SSSR count). The first-order chi connectivity index (χ1) is 43.5. The normalized spacial score (nSPS) is 14.1. The molecule has 0 aromatic carbocycles. The average molecular weight is 1330 g/mol. The summed E-state index contributed by atoms with van der Waals surface area (Å²) in [7, 11) is -9.89. The fourth-order valence-corrected chi connectivity index (χ4v) is 12.4. The number of aliphatic hydroxyl groups is 1. The third-order valence-electron chi connectivity index (χ3n) is 16.5. The van der Waals surface area contributed by atoms with Crippen LogP contribution in [0.3, 0.4) is 0 Å². The molecule has 90 heavy (non-hydrogen) atoms. The van der Waals surface area contributed by atoms with Crippen LogP contribution >= 0.6 is 15.6 Å². The van der Waals surface area contributed by atoms with Crippen LogP contribution < -0.4 is 0 Å². The molecular formula is C71H138O17P2. The largest absolute Gasteiger partial charge is 0.472 e. The van der Waals surface area contributed by atoms with E-state index in [1.807, 2.05) is 0 Å². The zero-order valence-corrected chi connectivity index (χ0v) is 60.1. The predicted octanol–water partition coefficient (Wildman–Crippen LogP) is 20.5. The van der Waals surface area contributed by atoms with E-state index in [0.717, 1.165) is 109 Å². The highest BCUT2D eigenvalue weighted by atomic mass is 31.2. The molecule has 19 heteroatoms. The lowest BCUT2D eigenvalue weighted by Gasteiger charge is -2.21. The van der Waals surface area contributed by atoms with Crippen LogP contribution in [0.4, 0.5) is 0 Å². The van der Waals surface area contributed by atoms with E-state index >= 15 is 0 Å². The van der Waals surface area contributed by atoms with Gasteiger partial charge in [-0.15, -0.1) is 0 Å². The molecule has 17 nitrogen and oxygen atoms in total. The highest BCUT2D eigenvalue weighted by Crippen LogP contribution is 2.45. The SMILES string of the molecule is CCCCCCCCCCCCCCCCCCCCC(=O)O[C@H](COC(=O)CCCCCCCCCCCCCCC(C)C)COP(=O)(O)OC[C@@H](O)COP(=O)(O)OC[C@@H](COC(=O)CCCCCCCCC)OC(=O)CCCCCCCCCCCC. The fraction of sp³-hybridized carbons (Fsp3) is 0.944. The van der Waals surface area contributed by atoms with Crippen molar-refractivity contribution >= 4 is 39.5 Å². The Morgan fingerprint density at radius 1 is 0.300 bits per heavy atom. The number of rotatable bonds is 71. The van der Waals surface area contributed by atoms with Crippen LogP contribution in [0.5, 0.6) is 0 Å². The number of aliphatic hydroxyl groups excluding tert-OH is 1. The number of phosphoric ester groups is 2. The number of ether oxygens (including phenoxy) is 4. The number of carbonyl (C=O) groups excluding carboxylic acids is 4. The number of esters is 4. The minimum Gasteiger partial charge on any atom is -0.462 e. The molecule has 0 saturated heterocycles. The molecule has 0 amide bonds. The van der Waals surface area contributed by atoms with Gasteiger partial charge in [0, 0.05) is 25.7 Å². The number of unbranched alkanes of at least 4 members (excludes halogenated alkanes) is 43. The summed E-state index contributed by atoms with van der Waals surface area (Å²) in [5.41, 5.74) is 0. The Morgan fingerprint density at radius 2 is 0.511 bits per heavy atom. The lowest BCUT2D eigenvalue weighted by atomic mass is 10.0. The lowest BCUT2D eigenvalue weighted by Crippen LogP contribution is -2.30. The van der Waals surface area contributed by atoms with Crippen molar-refractivity contribution in [2.24, 2.45) is 5.92 Å². The molecule has 5 atom stereocenters. The Hall–Kier alpha value is -1.94. The van der Waals surface area contributed by atoms with Gasteiger partial charge in [-0.3, -0.25) is 37.3 Å². The first kappa shape index (κ1) is 88.1. The first-order valence-corrected chi connectivity index (χ1v) is 40.1. The Kier molecular flexibility index (Phi) is 63.0. The highest BCUT2D eigenvalue weighted by Gasteiger charge is 2.30. The van der Waals surface area contributed by atoms with Crippen LogP contribution in [-0.2, 0) is 65.4 Å². The van der Waals surface area contributed by atoms with Gasteiger partial charge in [0.25, 0.3) is 0 Å². The number of hydrogen-bond acceptors (Lipinski definition) is 15. The van der Waals surface area contributed by atoms with E-state index in [0.29, 0.717) is 25.7 Å². The van der Waals surface area contributed by atoms with E-state index < -0.39 is 97.5 Å². The van der Waals surface area contributed by atoms with Crippen molar-refractivity contribution in [2.45, 2.75) is 387 Å². The third-order valence-corrected chi connectivity index (χ3v) is 18.4. The van der Waals surface area contributed by atoms with Crippen molar-refractivity contribution in [3.63, 3.8) is 0 Å². The summed E-state index contributed by atoms with van der Waals surface area (Å²) < 4.78 is 68.2. The van der Waals surface area contributed by atoms with Crippen molar-refractivity contribution in [3.05, 3.63) is 0 Å². The molecule has 0 spiro atoms. The summed E-state index contributed by atoms with van der Waals surface area (Å²) in [6.07, 6.45) is 51.5. The molecule has 0 saturated carbocycles. The maximum absolute atomic E-state index is 13.0. The fourth-order valence-electron chi connectivity index (χ4n) is 10.8. The highest BCUT2D eigenvalue weighted by molar-refractivity contribution is 7.47. The van der Waals surface area contributed by atoms with E-state index in [-0.39, 0.29) is 25.7 Å². The molecule has 0 aromatic heterocycles. The second-order valence-corrected chi connectivity index (χ2v) is 29.0. The quantitative estimate of drug-likeness (QED) is 0.0222. The van der Waals surface area contributed by atoms with Crippen molar-refractivity contribution in [1.82, 2.24) is 0 Å². The van der Waals surface area contributed by atoms with E-state index in [1.165, 1.54) is 180 Å². The van der Waals surface area contributed by atoms with Gasteiger partial charge in [0.1, 0.15) is 19.3 Å². The second kappa shape index (κ2) is 64.4. The van der Waals surface area contributed by atoms with Crippen molar-refractivity contribution in [2.75, 3.05) is 39.6 Å². The van der Waals surface area contributed by atoms with Gasteiger partial charge in [0.05, 0.1) is 26.4 Å². The molecule has 3 N–H and O–H groups in total. The van der Waals surface area contributed by atoms with E-state index in [2.05, 4.69) is 34.6 Å². The van der Waals surface area contributed by atoms with E-state index in [9.17, 15) is 43.2 Å². The van der Waals surface area contributed by atoms with Crippen molar-refractivity contribution < 1.29 is 80.2 Å². The molecule has 0 fully saturated rings. The molecule has 534 valence electrons. The molecule has 2 unspecified atom stereocenters. The van der Waals surface area contributed by atoms with Crippen molar-refractivity contribution in [1.29, 1.82) is 0 Å². The molecule has 0 radical (unpaired) electrons. The standard InChI is InChI=1S/C71H138O17P2/c1-6-9-12-15-18-20-22-23-24-25-26-27-28-33-37-42-47-52-57-71(76)88-67(61-82-69(74)55-50-45-40-36-32-30-29-31-34-39-43-48-53-64(4)5)63-86-90(79,80)84-59-65(72)58-83-89(77,78)85-62-66(60-81-68(73)54-49-44-38-17-14-11-8-3)87-70(75)56-51-46-41-35-21-19-16-13-10-7-2/h64-67,72H,6-63H2,1-5H3,(H,77,78)(H,79,80)/t65-,66+,67+/m0/s1. The van der Waals surface area contributed by atoms with Crippen LogP contribution in [0, 0.1) is 5.92 Å². The van der Waals surface area contributed by atoms with Crippen LogP contribution in [0.2, 0.25) is 0 Å². The zero-order chi connectivity index (χ0) is 66.3. The Labute approximate surface area is 549 Å². The monoisotopic (exact) mass is 1320 g/mol. The average Bonchev–Trinajstić information content (AvgIpc) is 3.58. The summed E-state index contributed by atoms with van der Waals surface area (Å²) in [4.78, 5) is 72.4. The molecule has 0 aromatic rings. The Bertz CT molecular complexity index is 1740. The van der Waals surface area contributed by atoms with E-state index in [1.54, 1.807) is 0 Å². The second-order valence-electron chi connectivity index (χ2n) is 26.1. The van der Waals surface area contributed by atoms with Gasteiger partial charge in [-0.25, -0.2) is 9.13 Å². The van der Waals surface area contributed by atoms with Crippen LogP contribution in [0.25, 0.3) is 0 Å². The first-order valence-electron chi connectivity index (χ1n) is 37.1. The van der Waals surface area contributed by atoms with E-state index in [4.69, 9.17) is 37.0 Å². The molecule has 0 aliphatic heterocycles. The maximum atomic E-state index is 13.0. The van der Waals surface area contributed by atoms with Gasteiger partial charge in [-0.1, -0.05) is 317 Å². The molecule has 0 aliphatic rings. The van der Waals surface area contributed by atoms with Crippen molar-refractivity contribution in [3.8, 4) is 0 Å². The lowest BCUT2D eigenvalue weighted by molar-refractivity contribution is -0.161. The Morgan fingerprint density at radius 3 is 0.756 bits per heavy atom. The topological polar surface area (TPSA) is 237 Å². The van der Waals surface area contributed by atoms with Crippen LogP contribution in [0.15, 0.2) is 0 Å². The minimum atomic E-state index is -4.95. The van der Waals surface area contributed by atoms with Crippen LogP contribution in [0.1, 0.15) is 369 Å². The van der Waals surface area contributed by atoms with Gasteiger partial charge in [-0.2, -0.15) is 0 Å². The van der Waals surface area contributed by atoms with Gasteiger partial charge in [0.2, 0.25) is 0 Å². The van der Waals surface area contributed by atoms with Gasteiger partial charge < -0.3 is 33.8 Å². The van der Waals surface area contributed by atoms with Gasteiger partial charge in [0.15, 0.2) is 12.2 Å². The minimum absolute atomic E-state index is 0.106. The number of phosphoric acid groups is 2. The van der Waals surface area contributed by atoms with Gasteiger partial charge in [-0.05, 0) is 31.6 Å². The smallest absolute Gasteiger partial charge is 0.462 e. The maximum Gasteiger partial charge on any atom is 0.472 e. The number of hydrogen-bond donors (Lipinski definition) is 3. The third kappa shape index (κ3) is 64.8. The molecule has 0 heterocycles. The summed E-state index contributed by atoms with van der Waals surface area (Å²) >= 11 is 0. The predicted molar refractivity (Wildman–Crippen MR) is 363 cm³/mol. The summed E-state index contributed by atoms with van der Waals surface area (Å²) in [6, 6.07) is 0. The zero-order valence-electron chi connectivity index (χ0n) is 58.3. The number of carbonyl (C=O) groups is 4. The Balaban J connectivity index is 5.18.